The first-order valence-electron chi connectivity index (χ1n) is 5.80. The minimum Gasteiger partial charge on any atom is -0.475 e. The Morgan fingerprint density at radius 1 is 0.731 bits per heavy atom. The molecule has 0 spiro atoms. The number of aliphatic carboxylic acids is 2. The molecule has 0 fully saturated rings. The lowest BCUT2D eigenvalue weighted by Gasteiger charge is -1.97. The van der Waals surface area contributed by atoms with Gasteiger partial charge in [-0.05, 0) is 18.2 Å². The smallest absolute Gasteiger partial charge is 0.475 e. The van der Waals surface area contributed by atoms with Crippen molar-refractivity contribution in [1.29, 1.82) is 0 Å². The second-order valence-corrected chi connectivity index (χ2v) is 3.92. The van der Waals surface area contributed by atoms with Gasteiger partial charge in [-0.25, -0.2) is 9.59 Å². The molecule has 146 valence electrons. The number of carbonyl (C=O) groups excluding carboxylic acids is 2. The molecule has 0 saturated heterocycles. The molecule has 2 amide bonds. The predicted molar refractivity (Wildman–Crippen MR) is 70.9 cm³/mol. The number of amides is 2. The minimum atomic E-state index is -5.08. The fraction of sp³-hybridized carbons (Fsp3) is 0.167. The van der Waals surface area contributed by atoms with Crippen LogP contribution in [0.2, 0.25) is 0 Å². The summed E-state index contributed by atoms with van der Waals surface area (Å²) >= 11 is 0. The van der Waals surface area contributed by atoms with Crippen LogP contribution in [0.15, 0.2) is 24.3 Å². The van der Waals surface area contributed by atoms with E-state index < -0.39 is 36.1 Å². The summed E-state index contributed by atoms with van der Waals surface area (Å²) in [5.74, 6) is -6.66. The van der Waals surface area contributed by atoms with Gasteiger partial charge in [-0.15, -0.1) is 0 Å². The van der Waals surface area contributed by atoms with Gasteiger partial charge in [0.25, 0.3) is 0 Å². The third kappa shape index (κ3) is 11.3. The molecular weight excluding hydrogens is 382 g/mol. The molecule has 0 saturated carbocycles. The number of carboxylic acids is 2. The van der Waals surface area contributed by atoms with Gasteiger partial charge in [0.15, 0.2) is 0 Å². The van der Waals surface area contributed by atoms with Crippen molar-refractivity contribution in [1.82, 2.24) is 0 Å². The van der Waals surface area contributed by atoms with Crippen LogP contribution in [-0.2, 0) is 9.59 Å². The zero-order valence-electron chi connectivity index (χ0n) is 12.3. The average Bonchev–Trinajstić information content (AvgIpc) is 2.46. The molecule has 0 aliphatic heterocycles. The Balaban J connectivity index is 0. The highest BCUT2D eigenvalue weighted by Gasteiger charge is 2.38. The lowest BCUT2D eigenvalue weighted by molar-refractivity contribution is -0.193. The van der Waals surface area contributed by atoms with E-state index in [0.717, 1.165) is 0 Å². The van der Waals surface area contributed by atoms with Gasteiger partial charge >= 0.3 is 24.3 Å². The van der Waals surface area contributed by atoms with E-state index in [2.05, 4.69) is 0 Å². The SMILES string of the molecule is NC(=O)c1cccc(C(N)=O)c1.O=C(O)C(F)(F)F.O=C(O)C(F)(F)F. The number of benzene rings is 1. The van der Waals surface area contributed by atoms with E-state index in [4.69, 9.17) is 31.3 Å². The molecule has 14 heteroatoms. The van der Waals surface area contributed by atoms with Crippen LogP contribution in [0, 0.1) is 0 Å². The maximum absolute atomic E-state index is 10.6. The van der Waals surface area contributed by atoms with Crippen molar-refractivity contribution >= 4 is 23.8 Å². The first-order chi connectivity index (χ1) is 11.5. The van der Waals surface area contributed by atoms with E-state index in [1.165, 1.54) is 18.2 Å². The van der Waals surface area contributed by atoms with Crippen molar-refractivity contribution in [2.45, 2.75) is 12.4 Å². The molecule has 1 aromatic rings. The van der Waals surface area contributed by atoms with Crippen molar-refractivity contribution in [3.63, 3.8) is 0 Å². The number of hydrogen-bond acceptors (Lipinski definition) is 4. The molecule has 0 heterocycles. The highest BCUT2D eigenvalue weighted by Crippen LogP contribution is 2.13. The summed E-state index contributed by atoms with van der Waals surface area (Å²) in [4.78, 5) is 39.1. The number of primary amides is 2. The number of nitrogens with two attached hydrogens (primary N) is 2. The van der Waals surface area contributed by atoms with Gasteiger partial charge in [0, 0.05) is 11.1 Å². The van der Waals surface area contributed by atoms with E-state index in [1.54, 1.807) is 6.07 Å². The summed E-state index contributed by atoms with van der Waals surface area (Å²) in [5.41, 5.74) is 10.6. The Bertz CT molecular complexity index is 618. The van der Waals surface area contributed by atoms with Crippen molar-refractivity contribution in [2.75, 3.05) is 0 Å². The summed E-state index contributed by atoms with van der Waals surface area (Å²) < 4.78 is 63.5. The molecule has 1 aromatic carbocycles. The second kappa shape index (κ2) is 9.85. The van der Waals surface area contributed by atoms with Crippen molar-refractivity contribution in [3.8, 4) is 0 Å². The molecule has 1 rings (SSSR count). The highest BCUT2D eigenvalue weighted by molar-refractivity contribution is 5.98. The van der Waals surface area contributed by atoms with Crippen molar-refractivity contribution in [3.05, 3.63) is 35.4 Å². The number of carbonyl (C=O) groups is 4. The van der Waals surface area contributed by atoms with Crippen LogP contribution in [0.1, 0.15) is 20.7 Å². The topological polar surface area (TPSA) is 161 Å². The van der Waals surface area contributed by atoms with Crippen LogP contribution in [0.3, 0.4) is 0 Å². The Morgan fingerprint density at radius 2 is 0.962 bits per heavy atom. The maximum Gasteiger partial charge on any atom is 0.490 e. The van der Waals surface area contributed by atoms with E-state index in [9.17, 15) is 35.9 Å². The summed E-state index contributed by atoms with van der Waals surface area (Å²) in [6, 6.07) is 5.97. The van der Waals surface area contributed by atoms with Gasteiger partial charge in [0.2, 0.25) is 11.8 Å². The van der Waals surface area contributed by atoms with Crippen molar-refractivity contribution in [2.24, 2.45) is 11.5 Å². The summed E-state index contributed by atoms with van der Waals surface area (Å²) in [7, 11) is 0. The molecule has 0 atom stereocenters. The first-order valence-corrected chi connectivity index (χ1v) is 5.80. The molecule has 0 aliphatic carbocycles. The van der Waals surface area contributed by atoms with E-state index >= 15 is 0 Å². The van der Waals surface area contributed by atoms with Gasteiger partial charge in [0.05, 0.1) is 0 Å². The lowest BCUT2D eigenvalue weighted by atomic mass is 10.1. The largest absolute Gasteiger partial charge is 0.490 e. The highest BCUT2D eigenvalue weighted by atomic mass is 19.4. The van der Waals surface area contributed by atoms with E-state index in [0.29, 0.717) is 0 Å². The molecule has 6 N–H and O–H groups in total. The van der Waals surface area contributed by atoms with Gasteiger partial charge in [-0.1, -0.05) is 6.07 Å². The Labute approximate surface area is 140 Å². The van der Waals surface area contributed by atoms with Gasteiger partial charge in [-0.2, -0.15) is 26.3 Å². The number of halogens is 6. The Kier molecular flexibility index (Phi) is 9.44. The van der Waals surface area contributed by atoms with Crippen molar-refractivity contribution < 1.29 is 55.7 Å². The number of hydrogen-bond donors (Lipinski definition) is 4. The number of rotatable bonds is 2. The molecule has 8 nitrogen and oxygen atoms in total. The van der Waals surface area contributed by atoms with Crippen LogP contribution in [0.25, 0.3) is 0 Å². The zero-order chi connectivity index (χ0) is 21.3. The summed E-state index contributed by atoms with van der Waals surface area (Å²) in [6.45, 7) is 0. The first kappa shape index (κ1) is 24.9. The average molecular weight is 392 g/mol. The lowest BCUT2D eigenvalue weighted by Crippen LogP contribution is -2.21. The molecule has 26 heavy (non-hydrogen) atoms. The van der Waals surface area contributed by atoms with E-state index in [1.807, 2.05) is 0 Å². The fourth-order valence-electron chi connectivity index (χ4n) is 0.826. The van der Waals surface area contributed by atoms with Crippen LogP contribution < -0.4 is 11.5 Å². The molecule has 0 radical (unpaired) electrons. The minimum absolute atomic E-state index is 0.284. The molecular formula is C12H10F6N2O6. The quantitative estimate of drug-likeness (QED) is 0.552. The maximum atomic E-state index is 10.6. The normalized spacial score (nSPS) is 10.4. The molecule has 0 bridgehead atoms. The van der Waals surface area contributed by atoms with E-state index in [-0.39, 0.29) is 11.1 Å². The van der Waals surface area contributed by atoms with Gasteiger partial charge in [-0.3, -0.25) is 9.59 Å². The second-order valence-electron chi connectivity index (χ2n) is 3.92. The molecule has 0 unspecified atom stereocenters. The zero-order valence-corrected chi connectivity index (χ0v) is 12.3. The van der Waals surface area contributed by atoms with Crippen LogP contribution in [-0.4, -0.2) is 46.3 Å². The monoisotopic (exact) mass is 392 g/mol. The Morgan fingerprint density at radius 3 is 1.12 bits per heavy atom. The third-order valence-electron chi connectivity index (χ3n) is 1.92. The summed E-state index contributed by atoms with van der Waals surface area (Å²) in [6.07, 6.45) is -10.2. The number of carboxylic acid groups (broad SMARTS) is 2. The standard InChI is InChI=1S/C8H8N2O2.2C2HF3O2/c9-7(11)5-2-1-3-6(4-5)8(10)12;2*3-2(4,5)1(6)7/h1-4H,(H2,9,11)(H2,10,12);2*(H,6,7). The van der Waals surface area contributed by atoms with Gasteiger partial charge in [0.1, 0.15) is 0 Å². The Hall–Kier alpha value is -3.32. The number of alkyl halides is 6. The van der Waals surface area contributed by atoms with Crippen LogP contribution >= 0.6 is 0 Å². The van der Waals surface area contributed by atoms with Gasteiger partial charge < -0.3 is 21.7 Å². The molecule has 0 aliphatic rings. The van der Waals surface area contributed by atoms with Crippen LogP contribution in [0.5, 0.6) is 0 Å². The predicted octanol–water partition coefficient (Wildman–Crippen LogP) is 1.15. The van der Waals surface area contributed by atoms with Crippen LogP contribution in [0.4, 0.5) is 26.3 Å². The summed E-state index contributed by atoms with van der Waals surface area (Å²) in [5, 5.41) is 14.2. The fourth-order valence-corrected chi connectivity index (χ4v) is 0.826. The molecule has 0 aromatic heterocycles. The third-order valence-corrected chi connectivity index (χ3v) is 1.92.